The Labute approximate surface area is 241 Å². The number of sulfone groups is 1. The highest BCUT2D eigenvalue weighted by atomic mass is 32.2. The van der Waals surface area contributed by atoms with Gasteiger partial charge in [-0.05, 0) is 68.3 Å². The minimum atomic E-state index is -3.97. The molecule has 10 nitrogen and oxygen atoms in total. The lowest BCUT2D eigenvalue weighted by atomic mass is 10.1. The number of ether oxygens (including phenoxy) is 2. The SMILES string of the molecule is C[C@H]1COCCN1c1cc(C2(S(=O)(=O)c3ccc(OC(F)F)cc3)CC2)nc(-c2ccc(NC(=O)NCCF)cc2)n1. The van der Waals surface area contributed by atoms with Gasteiger partial charge in [0, 0.05) is 30.4 Å². The molecule has 1 aliphatic heterocycles. The van der Waals surface area contributed by atoms with Crippen molar-refractivity contribution in [2.24, 2.45) is 0 Å². The van der Waals surface area contributed by atoms with Crippen molar-refractivity contribution in [1.82, 2.24) is 15.3 Å². The zero-order valence-corrected chi connectivity index (χ0v) is 23.5. The summed E-state index contributed by atoms with van der Waals surface area (Å²) in [5.74, 6) is 0.720. The summed E-state index contributed by atoms with van der Waals surface area (Å²) in [6.45, 7) is -0.297. The predicted octanol–water partition coefficient (Wildman–Crippen LogP) is 4.52. The number of carbonyl (C=O) groups excluding carboxylic acids is 1. The molecule has 14 heteroatoms. The van der Waals surface area contributed by atoms with Gasteiger partial charge < -0.3 is 25.0 Å². The fraction of sp³-hybridized carbons (Fsp3) is 0.393. The van der Waals surface area contributed by atoms with E-state index in [0.29, 0.717) is 61.2 Å². The van der Waals surface area contributed by atoms with Crippen molar-refractivity contribution < 1.29 is 35.9 Å². The summed E-state index contributed by atoms with van der Waals surface area (Å²) in [6, 6.07) is 12.8. The van der Waals surface area contributed by atoms with Crippen molar-refractivity contribution in [3.8, 4) is 17.1 Å². The first-order valence-corrected chi connectivity index (χ1v) is 14.9. The molecule has 2 N–H and O–H groups in total. The third-order valence-electron chi connectivity index (χ3n) is 7.20. The van der Waals surface area contributed by atoms with E-state index < -0.39 is 33.9 Å². The number of morpholine rings is 1. The van der Waals surface area contributed by atoms with Crippen molar-refractivity contribution in [1.29, 1.82) is 0 Å². The van der Waals surface area contributed by atoms with Crippen molar-refractivity contribution in [2.75, 3.05) is 43.2 Å². The summed E-state index contributed by atoms with van der Waals surface area (Å²) < 4.78 is 74.0. The maximum absolute atomic E-state index is 13.9. The van der Waals surface area contributed by atoms with E-state index >= 15 is 0 Å². The number of halogens is 3. The van der Waals surface area contributed by atoms with Gasteiger partial charge in [0.15, 0.2) is 15.7 Å². The zero-order valence-electron chi connectivity index (χ0n) is 22.7. The molecule has 1 aliphatic carbocycles. The van der Waals surface area contributed by atoms with Crippen LogP contribution in [0.15, 0.2) is 59.5 Å². The lowest BCUT2D eigenvalue weighted by molar-refractivity contribution is -0.0498. The molecule has 0 unspecified atom stereocenters. The number of alkyl halides is 3. The largest absolute Gasteiger partial charge is 0.435 e. The van der Waals surface area contributed by atoms with Gasteiger partial charge in [-0.1, -0.05) is 0 Å². The Morgan fingerprint density at radius 3 is 2.48 bits per heavy atom. The number of benzene rings is 2. The molecule has 2 aliphatic rings. The Hall–Kier alpha value is -3.91. The summed E-state index contributed by atoms with van der Waals surface area (Å²) in [5.41, 5.74) is 1.39. The van der Waals surface area contributed by atoms with Gasteiger partial charge in [-0.2, -0.15) is 8.78 Å². The van der Waals surface area contributed by atoms with Crippen LogP contribution in [-0.2, 0) is 19.3 Å². The molecule has 224 valence electrons. The minimum Gasteiger partial charge on any atom is -0.435 e. The summed E-state index contributed by atoms with van der Waals surface area (Å²) in [7, 11) is -3.97. The van der Waals surface area contributed by atoms with Crippen LogP contribution in [0.5, 0.6) is 5.75 Å². The van der Waals surface area contributed by atoms with E-state index in [-0.39, 0.29) is 23.2 Å². The second kappa shape index (κ2) is 12.1. The molecule has 0 radical (unpaired) electrons. The summed E-state index contributed by atoms with van der Waals surface area (Å²) >= 11 is 0. The fourth-order valence-corrected chi connectivity index (χ4v) is 6.82. The Bertz CT molecular complexity index is 1520. The fourth-order valence-electron chi connectivity index (χ4n) is 4.85. The standard InChI is InChI=1S/C28H30F3N5O5S/c1-18-17-40-15-14-36(18)24-16-23(28(10-11-28)42(38,39)22-8-6-21(7-9-22)41-26(30)31)34-25(35-24)19-2-4-20(5-3-19)33-27(37)32-13-12-29/h2-9,16,18,26H,10-15,17H2,1H3,(H2,32,33,37)/t18-/m0/s1. The molecule has 2 amide bonds. The summed E-state index contributed by atoms with van der Waals surface area (Å²) in [6.07, 6.45) is 0.659. The highest BCUT2D eigenvalue weighted by Crippen LogP contribution is 2.55. The average Bonchev–Trinajstić information content (AvgIpc) is 3.80. The number of aromatic nitrogens is 2. The van der Waals surface area contributed by atoms with Gasteiger partial charge in [-0.25, -0.2) is 27.6 Å². The normalized spacial score (nSPS) is 18.0. The maximum Gasteiger partial charge on any atom is 0.387 e. The molecule has 2 fully saturated rings. The van der Waals surface area contributed by atoms with Crippen LogP contribution in [0.2, 0.25) is 0 Å². The lowest BCUT2D eigenvalue weighted by Gasteiger charge is -2.34. The summed E-state index contributed by atoms with van der Waals surface area (Å²) in [4.78, 5) is 23.4. The van der Waals surface area contributed by atoms with E-state index in [1.54, 1.807) is 30.3 Å². The van der Waals surface area contributed by atoms with Crippen molar-refractivity contribution in [2.45, 2.75) is 42.1 Å². The second-order valence-electron chi connectivity index (χ2n) is 10.0. The second-order valence-corrected chi connectivity index (χ2v) is 12.3. The number of urea groups is 1. The van der Waals surface area contributed by atoms with Crippen LogP contribution in [-0.4, -0.2) is 70.0 Å². The molecule has 2 heterocycles. The van der Waals surface area contributed by atoms with Gasteiger partial charge in [-0.15, -0.1) is 0 Å². The van der Waals surface area contributed by atoms with Crippen molar-refractivity contribution in [3.05, 3.63) is 60.3 Å². The van der Waals surface area contributed by atoms with Gasteiger partial charge in [0.25, 0.3) is 0 Å². The van der Waals surface area contributed by atoms with Crippen LogP contribution >= 0.6 is 0 Å². The van der Waals surface area contributed by atoms with Gasteiger partial charge >= 0.3 is 12.6 Å². The molecular formula is C28H30F3N5O5S. The van der Waals surface area contributed by atoms with E-state index in [9.17, 15) is 26.4 Å². The molecular weight excluding hydrogens is 575 g/mol. The Balaban J connectivity index is 1.51. The smallest absolute Gasteiger partial charge is 0.387 e. The highest BCUT2D eigenvalue weighted by molar-refractivity contribution is 7.92. The molecule has 0 bridgehead atoms. The number of carbonyl (C=O) groups is 1. The number of amides is 2. The maximum atomic E-state index is 13.9. The predicted molar refractivity (Wildman–Crippen MR) is 149 cm³/mol. The number of hydrogen-bond donors (Lipinski definition) is 2. The number of nitrogens with zero attached hydrogens (tertiary/aromatic N) is 3. The van der Waals surface area contributed by atoms with Crippen LogP contribution in [0.3, 0.4) is 0 Å². The quantitative estimate of drug-likeness (QED) is 0.346. The van der Waals surface area contributed by atoms with E-state index in [0.717, 1.165) is 0 Å². The number of hydrogen-bond acceptors (Lipinski definition) is 8. The molecule has 3 aromatic rings. The van der Waals surface area contributed by atoms with Gasteiger partial charge in [0.05, 0.1) is 29.8 Å². The topological polar surface area (TPSA) is 123 Å². The Morgan fingerprint density at radius 2 is 1.86 bits per heavy atom. The lowest BCUT2D eigenvalue weighted by Crippen LogP contribution is -2.44. The molecule has 5 rings (SSSR count). The van der Waals surface area contributed by atoms with Crippen molar-refractivity contribution >= 4 is 27.4 Å². The average molecular weight is 606 g/mol. The number of anilines is 2. The van der Waals surface area contributed by atoms with Gasteiger partial charge in [0.2, 0.25) is 0 Å². The molecule has 2 aromatic carbocycles. The summed E-state index contributed by atoms with van der Waals surface area (Å²) in [5, 5.41) is 5.00. The molecule has 1 saturated heterocycles. The monoisotopic (exact) mass is 605 g/mol. The van der Waals surface area contributed by atoms with Crippen LogP contribution in [0, 0.1) is 0 Å². The van der Waals surface area contributed by atoms with Crippen LogP contribution in [0.25, 0.3) is 11.4 Å². The zero-order chi connectivity index (χ0) is 29.9. The number of nitrogens with one attached hydrogen (secondary N) is 2. The van der Waals surface area contributed by atoms with E-state index in [2.05, 4.69) is 15.4 Å². The first-order chi connectivity index (χ1) is 20.1. The first-order valence-electron chi connectivity index (χ1n) is 13.4. The first kappa shape index (κ1) is 29.6. The third kappa shape index (κ3) is 6.14. The van der Waals surface area contributed by atoms with Gasteiger partial charge in [0.1, 0.15) is 23.0 Å². The Kier molecular flexibility index (Phi) is 8.55. The Morgan fingerprint density at radius 1 is 1.14 bits per heavy atom. The van der Waals surface area contributed by atoms with Crippen LogP contribution in [0.4, 0.5) is 29.5 Å². The third-order valence-corrected chi connectivity index (χ3v) is 9.74. The van der Waals surface area contributed by atoms with E-state index in [1.807, 2.05) is 11.8 Å². The molecule has 1 saturated carbocycles. The molecule has 42 heavy (non-hydrogen) atoms. The minimum absolute atomic E-state index is 0.0158. The molecule has 0 spiro atoms. The van der Waals surface area contributed by atoms with Crippen molar-refractivity contribution in [3.63, 3.8) is 0 Å². The van der Waals surface area contributed by atoms with E-state index in [4.69, 9.17) is 14.7 Å². The van der Waals surface area contributed by atoms with Gasteiger partial charge in [-0.3, -0.25) is 0 Å². The highest BCUT2D eigenvalue weighted by Gasteiger charge is 2.58. The molecule has 1 aromatic heterocycles. The van der Waals surface area contributed by atoms with Crippen LogP contribution in [0.1, 0.15) is 25.5 Å². The van der Waals surface area contributed by atoms with Crippen LogP contribution < -0.4 is 20.3 Å². The molecule has 1 atom stereocenters. The van der Waals surface area contributed by atoms with E-state index in [1.165, 1.54) is 24.3 Å². The number of rotatable bonds is 10.